The standard InChI is InChI=1S/C23H30N2O4.C23H30N2O2/c1-24-7-6-23-16-3-4-18(26)22(23)29-21-19(5-2-15(20(21)23)14-17(16)24)28-13-10-25-8-11-27-12-9-25;1-2-27-22(26)23(20-10-5-3-6-11-20)14-18-25(19-15-23)17-9-16-24-21-12-7-4-8-13-21/h2-5,16-18,22,26H,6-14H2,1H3;3-8,10-13,24H,2,9,14-19H2,1H3/t16-,17+,18-,22-,23-;/m0./s1. The van der Waals surface area contributed by atoms with E-state index in [0.29, 0.717) is 25.2 Å². The van der Waals surface area contributed by atoms with Crippen LogP contribution in [-0.4, -0.2) is 130 Å². The zero-order valence-corrected chi connectivity index (χ0v) is 33.2. The van der Waals surface area contributed by atoms with Crippen molar-refractivity contribution in [3.63, 3.8) is 0 Å². The number of nitrogens with zero attached hydrogens (tertiary/aromatic N) is 3. The van der Waals surface area contributed by atoms with Crippen molar-refractivity contribution in [3.8, 4) is 11.5 Å². The minimum Gasteiger partial charge on any atom is -0.488 e. The molecule has 4 aliphatic heterocycles. The van der Waals surface area contributed by atoms with Gasteiger partial charge in [-0.15, -0.1) is 0 Å². The number of aliphatic hydroxyl groups is 1. The van der Waals surface area contributed by atoms with E-state index >= 15 is 0 Å². The Hall–Kier alpha value is -3.93. The number of morpholine rings is 1. The summed E-state index contributed by atoms with van der Waals surface area (Å²) < 4.78 is 23.6. The third-order valence-electron chi connectivity index (χ3n) is 13.4. The molecular formula is C46H60N4O6. The Bertz CT molecular complexity index is 1790. The molecule has 300 valence electrons. The van der Waals surface area contributed by atoms with Crippen LogP contribution in [0.15, 0.2) is 84.9 Å². The van der Waals surface area contributed by atoms with Crippen molar-refractivity contribution in [1.82, 2.24) is 14.7 Å². The Labute approximate surface area is 332 Å². The lowest BCUT2D eigenvalue weighted by Gasteiger charge is -2.56. The summed E-state index contributed by atoms with van der Waals surface area (Å²) in [6, 6.07) is 25.3. The van der Waals surface area contributed by atoms with Crippen molar-refractivity contribution in [2.75, 3.05) is 91.2 Å². The fraction of sp³-hybridized carbons (Fsp3) is 0.543. The van der Waals surface area contributed by atoms with Crippen LogP contribution in [0.1, 0.15) is 49.3 Å². The number of aliphatic hydroxyl groups excluding tert-OH is 1. The maximum atomic E-state index is 12.8. The van der Waals surface area contributed by atoms with Gasteiger partial charge >= 0.3 is 5.97 Å². The first-order valence-corrected chi connectivity index (χ1v) is 21.0. The van der Waals surface area contributed by atoms with Crippen LogP contribution in [-0.2, 0) is 31.5 Å². The normalized spacial score (nSPS) is 27.6. The van der Waals surface area contributed by atoms with Crippen molar-refractivity contribution in [2.45, 2.75) is 68.1 Å². The number of ether oxygens (including phenoxy) is 4. The summed E-state index contributed by atoms with van der Waals surface area (Å²) in [4.78, 5) is 20.1. The number of para-hydroxylation sites is 1. The van der Waals surface area contributed by atoms with Gasteiger partial charge in [-0.1, -0.05) is 66.7 Å². The van der Waals surface area contributed by atoms with Crippen molar-refractivity contribution in [1.29, 1.82) is 0 Å². The lowest BCUT2D eigenvalue weighted by molar-refractivity contribution is -0.152. The van der Waals surface area contributed by atoms with Crippen LogP contribution in [0.3, 0.4) is 0 Å². The van der Waals surface area contributed by atoms with Gasteiger partial charge in [0, 0.05) is 54.8 Å². The second kappa shape index (κ2) is 17.3. The van der Waals surface area contributed by atoms with E-state index in [0.717, 1.165) is 115 Å². The number of benzene rings is 3. The molecule has 4 heterocycles. The molecular weight excluding hydrogens is 705 g/mol. The molecule has 3 fully saturated rings. The molecule has 3 aromatic carbocycles. The zero-order valence-electron chi connectivity index (χ0n) is 33.2. The number of anilines is 1. The van der Waals surface area contributed by atoms with Crippen LogP contribution in [0.2, 0.25) is 0 Å². The number of hydrogen-bond acceptors (Lipinski definition) is 10. The number of likely N-dealkylation sites (tertiary alicyclic amines) is 2. The maximum Gasteiger partial charge on any atom is 0.316 e. The average Bonchev–Trinajstić information content (AvgIpc) is 3.60. The van der Waals surface area contributed by atoms with Crippen LogP contribution < -0.4 is 14.8 Å². The zero-order chi connectivity index (χ0) is 38.5. The summed E-state index contributed by atoms with van der Waals surface area (Å²) in [5, 5.41) is 14.3. The smallest absolute Gasteiger partial charge is 0.316 e. The highest BCUT2D eigenvalue weighted by Crippen LogP contribution is 2.62. The second-order valence-electron chi connectivity index (χ2n) is 16.4. The van der Waals surface area contributed by atoms with E-state index in [1.807, 2.05) is 49.4 Å². The first kappa shape index (κ1) is 38.9. The maximum absolute atomic E-state index is 12.8. The highest BCUT2D eigenvalue weighted by atomic mass is 16.5. The van der Waals surface area contributed by atoms with Gasteiger partial charge in [-0.3, -0.25) is 9.69 Å². The number of nitrogens with one attached hydrogen (secondary N) is 1. The summed E-state index contributed by atoms with van der Waals surface area (Å²) in [6.45, 7) is 12.3. The van der Waals surface area contributed by atoms with Crippen LogP contribution >= 0.6 is 0 Å². The Kier molecular flexibility index (Phi) is 12.0. The third-order valence-corrected chi connectivity index (χ3v) is 13.4. The van der Waals surface area contributed by atoms with E-state index in [1.165, 1.54) is 16.8 Å². The average molecular weight is 765 g/mol. The minimum atomic E-state index is -0.560. The van der Waals surface area contributed by atoms with Crippen molar-refractivity contribution in [3.05, 3.63) is 102 Å². The lowest BCUT2D eigenvalue weighted by atomic mass is 9.53. The molecule has 0 amide bonds. The summed E-state index contributed by atoms with van der Waals surface area (Å²) in [6.07, 6.45) is 8.24. The van der Waals surface area contributed by atoms with Crippen LogP contribution in [0, 0.1) is 5.92 Å². The monoisotopic (exact) mass is 764 g/mol. The number of carbonyl (C=O) groups is 1. The Morgan fingerprint density at radius 1 is 0.893 bits per heavy atom. The van der Waals surface area contributed by atoms with Crippen molar-refractivity contribution in [2.24, 2.45) is 5.92 Å². The Balaban J connectivity index is 0.000000158. The fourth-order valence-electron chi connectivity index (χ4n) is 10.3. The van der Waals surface area contributed by atoms with Gasteiger partial charge in [0.2, 0.25) is 0 Å². The van der Waals surface area contributed by atoms with Gasteiger partial charge < -0.3 is 39.2 Å². The molecule has 0 unspecified atom stereocenters. The largest absolute Gasteiger partial charge is 0.488 e. The molecule has 1 spiro atoms. The van der Waals surface area contributed by atoms with Crippen LogP contribution in [0.4, 0.5) is 5.69 Å². The molecule has 0 aromatic heterocycles. The van der Waals surface area contributed by atoms with E-state index in [-0.39, 0.29) is 17.5 Å². The third kappa shape index (κ3) is 7.59. The number of rotatable bonds is 12. The van der Waals surface area contributed by atoms with Gasteiger partial charge in [-0.25, -0.2) is 0 Å². The Morgan fingerprint density at radius 3 is 2.38 bits per heavy atom. The number of esters is 1. The molecule has 9 rings (SSSR count). The molecule has 6 aliphatic rings. The molecule has 3 aromatic rings. The first-order chi connectivity index (χ1) is 27.4. The van der Waals surface area contributed by atoms with Gasteiger partial charge in [-0.2, -0.15) is 0 Å². The summed E-state index contributed by atoms with van der Waals surface area (Å²) in [7, 11) is 2.23. The number of piperidine rings is 2. The molecule has 5 atom stereocenters. The SMILES string of the molecule is CCOC(=O)C1(c2ccccc2)CCN(CCCNc2ccccc2)CC1.CN1CC[C@]23c4c5ccc(OCCN6CCOCC6)c4O[C@H]2[C@@H](O)C=C[C@H]3[C@H]1C5. The highest BCUT2D eigenvalue weighted by molar-refractivity contribution is 5.83. The molecule has 0 saturated carbocycles. The minimum absolute atomic E-state index is 0.0680. The lowest BCUT2D eigenvalue weighted by Crippen LogP contribution is -2.64. The van der Waals surface area contributed by atoms with Gasteiger partial charge in [0.05, 0.1) is 25.2 Å². The highest BCUT2D eigenvalue weighted by Gasteiger charge is 2.64. The van der Waals surface area contributed by atoms with E-state index in [9.17, 15) is 9.90 Å². The topological polar surface area (TPSA) is 96.0 Å². The number of hydrogen-bond donors (Lipinski definition) is 2. The quantitative estimate of drug-likeness (QED) is 0.144. The number of carbonyl (C=O) groups excluding carboxylic acids is 1. The molecule has 2 bridgehead atoms. The van der Waals surface area contributed by atoms with Gasteiger partial charge in [0.25, 0.3) is 0 Å². The molecule has 0 radical (unpaired) electrons. The summed E-state index contributed by atoms with van der Waals surface area (Å²) in [5.41, 5.74) is 4.35. The first-order valence-electron chi connectivity index (χ1n) is 21.0. The number of likely N-dealkylation sites (N-methyl/N-ethyl adjacent to an activating group) is 1. The molecule has 3 saturated heterocycles. The predicted octanol–water partition coefficient (Wildman–Crippen LogP) is 5.29. The van der Waals surface area contributed by atoms with Gasteiger partial charge in [-0.05, 0) is 102 Å². The van der Waals surface area contributed by atoms with E-state index in [4.69, 9.17) is 18.9 Å². The van der Waals surface area contributed by atoms with E-state index < -0.39 is 11.5 Å². The molecule has 2 N–H and O–H groups in total. The Morgan fingerprint density at radius 2 is 1.62 bits per heavy atom. The molecule has 10 heteroatoms. The summed E-state index contributed by atoms with van der Waals surface area (Å²) in [5.74, 6) is 2.06. The van der Waals surface area contributed by atoms with E-state index in [1.54, 1.807) is 0 Å². The van der Waals surface area contributed by atoms with Crippen LogP contribution in [0.5, 0.6) is 11.5 Å². The summed E-state index contributed by atoms with van der Waals surface area (Å²) >= 11 is 0. The van der Waals surface area contributed by atoms with E-state index in [2.05, 4.69) is 69.5 Å². The molecule has 2 aliphatic carbocycles. The van der Waals surface area contributed by atoms with Crippen molar-refractivity contribution >= 4 is 11.7 Å². The fourth-order valence-corrected chi connectivity index (χ4v) is 10.3. The van der Waals surface area contributed by atoms with Crippen molar-refractivity contribution < 1.29 is 28.8 Å². The molecule has 10 nitrogen and oxygen atoms in total. The van der Waals surface area contributed by atoms with Gasteiger partial charge in [0.1, 0.15) is 18.8 Å². The van der Waals surface area contributed by atoms with Crippen LogP contribution in [0.25, 0.3) is 0 Å². The second-order valence-corrected chi connectivity index (χ2v) is 16.4. The van der Waals surface area contributed by atoms with Gasteiger partial charge in [0.15, 0.2) is 11.5 Å². The molecule has 56 heavy (non-hydrogen) atoms. The predicted molar refractivity (Wildman–Crippen MR) is 219 cm³/mol.